The Bertz CT molecular complexity index is 957. The normalized spacial score (nSPS) is 14.8. The largest absolute Gasteiger partial charge is 0.358 e. The molecule has 1 N–H and O–H groups in total. The average Bonchev–Trinajstić information content (AvgIpc) is 2.59. The first-order valence-corrected chi connectivity index (χ1v) is 8.53. The van der Waals surface area contributed by atoms with E-state index in [9.17, 15) is 4.79 Å². The van der Waals surface area contributed by atoms with Gasteiger partial charge in [-0.15, -0.1) is 0 Å². The van der Waals surface area contributed by atoms with Crippen molar-refractivity contribution in [3.63, 3.8) is 0 Å². The number of aromatic nitrogens is 1. The van der Waals surface area contributed by atoms with Gasteiger partial charge in [0.2, 0.25) is 0 Å². The molecule has 4 rings (SSSR count). The van der Waals surface area contributed by atoms with E-state index in [1.807, 2.05) is 12.1 Å². The molecular formula is C21H22N2O. The number of hydrogen-bond donors (Lipinski definition) is 1. The van der Waals surface area contributed by atoms with Gasteiger partial charge in [0.05, 0.1) is 0 Å². The fraction of sp³-hybridized carbons (Fsp3) is 0.286. The van der Waals surface area contributed by atoms with E-state index in [1.54, 1.807) is 0 Å². The lowest BCUT2D eigenvalue weighted by Crippen LogP contribution is -2.34. The minimum Gasteiger partial charge on any atom is -0.358 e. The molecule has 0 radical (unpaired) electrons. The lowest BCUT2D eigenvalue weighted by molar-refractivity contribution is 0.243. The Morgan fingerprint density at radius 2 is 1.83 bits per heavy atom. The van der Waals surface area contributed by atoms with Gasteiger partial charge in [-0.1, -0.05) is 30.3 Å². The van der Waals surface area contributed by atoms with E-state index < -0.39 is 0 Å². The number of nitrogens with zero attached hydrogens (tertiary/aromatic N) is 1. The van der Waals surface area contributed by atoms with Gasteiger partial charge in [-0.3, -0.25) is 9.69 Å². The summed E-state index contributed by atoms with van der Waals surface area (Å²) in [5, 5.41) is 0.818. The number of rotatable bonds is 2. The van der Waals surface area contributed by atoms with E-state index in [4.69, 9.17) is 0 Å². The van der Waals surface area contributed by atoms with E-state index in [1.165, 1.54) is 16.7 Å². The zero-order chi connectivity index (χ0) is 16.7. The van der Waals surface area contributed by atoms with Crippen molar-refractivity contribution in [1.82, 2.24) is 9.88 Å². The van der Waals surface area contributed by atoms with Gasteiger partial charge in [0.25, 0.3) is 0 Å². The Kier molecular flexibility index (Phi) is 3.73. The number of pyridine rings is 1. The standard InChI is InChI=1S/C21H22N2O/c1-14-10-17-20(11-15(14)2)22-19-8-9-23(13-18(19)21(17)24)12-16-6-4-3-5-7-16/h3-7,10-11H,8-9,12-13H2,1-2H3,(H,22,24). The van der Waals surface area contributed by atoms with Crippen LogP contribution in [0.25, 0.3) is 10.9 Å². The second-order valence-corrected chi connectivity index (χ2v) is 6.84. The van der Waals surface area contributed by atoms with Crippen molar-refractivity contribution in [2.45, 2.75) is 33.4 Å². The fourth-order valence-corrected chi connectivity index (χ4v) is 3.57. The zero-order valence-corrected chi connectivity index (χ0v) is 14.2. The van der Waals surface area contributed by atoms with Crippen LogP contribution >= 0.6 is 0 Å². The molecule has 0 aliphatic carbocycles. The molecule has 1 aliphatic rings. The van der Waals surface area contributed by atoms with E-state index in [0.29, 0.717) is 0 Å². The predicted molar refractivity (Wildman–Crippen MR) is 98.3 cm³/mol. The first-order chi connectivity index (χ1) is 11.6. The number of nitrogens with one attached hydrogen (secondary N) is 1. The minimum atomic E-state index is 0.194. The zero-order valence-electron chi connectivity index (χ0n) is 14.2. The summed E-state index contributed by atoms with van der Waals surface area (Å²) in [5.41, 5.74) is 6.90. The van der Waals surface area contributed by atoms with Crippen LogP contribution in [0.4, 0.5) is 0 Å². The second-order valence-electron chi connectivity index (χ2n) is 6.84. The van der Waals surface area contributed by atoms with E-state index in [0.717, 1.165) is 48.2 Å². The lowest BCUT2D eigenvalue weighted by atomic mass is 9.99. The molecule has 0 saturated carbocycles. The Balaban J connectivity index is 1.71. The Morgan fingerprint density at radius 1 is 1.08 bits per heavy atom. The number of hydrogen-bond acceptors (Lipinski definition) is 2. The molecule has 0 saturated heterocycles. The summed E-state index contributed by atoms with van der Waals surface area (Å²) in [6, 6.07) is 14.6. The van der Waals surface area contributed by atoms with Gasteiger partial charge in [0.1, 0.15) is 0 Å². The van der Waals surface area contributed by atoms with Gasteiger partial charge in [-0.2, -0.15) is 0 Å². The van der Waals surface area contributed by atoms with Gasteiger partial charge < -0.3 is 4.98 Å². The molecular weight excluding hydrogens is 296 g/mol. The summed E-state index contributed by atoms with van der Waals surface area (Å²) in [5.74, 6) is 0. The van der Waals surface area contributed by atoms with Crippen molar-refractivity contribution >= 4 is 10.9 Å². The molecule has 2 aromatic carbocycles. The molecule has 3 aromatic rings. The SMILES string of the molecule is Cc1cc2[nH]c3c(c(=O)c2cc1C)CN(Cc1ccccc1)CC3. The molecule has 24 heavy (non-hydrogen) atoms. The third-order valence-electron chi connectivity index (χ3n) is 5.11. The Morgan fingerprint density at radius 3 is 2.62 bits per heavy atom. The molecule has 0 unspecified atom stereocenters. The summed E-state index contributed by atoms with van der Waals surface area (Å²) in [6.07, 6.45) is 0.903. The average molecular weight is 318 g/mol. The van der Waals surface area contributed by atoms with Crippen LogP contribution < -0.4 is 5.43 Å². The monoisotopic (exact) mass is 318 g/mol. The number of benzene rings is 2. The van der Waals surface area contributed by atoms with Crippen LogP contribution in [0.3, 0.4) is 0 Å². The quantitative estimate of drug-likeness (QED) is 0.782. The van der Waals surface area contributed by atoms with Crippen LogP contribution in [0.2, 0.25) is 0 Å². The third kappa shape index (κ3) is 2.65. The van der Waals surface area contributed by atoms with E-state index >= 15 is 0 Å². The van der Waals surface area contributed by atoms with Crippen molar-refractivity contribution in [3.8, 4) is 0 Å². The summed E-state index contributed by atoms with van der Waals surface area (Å²) in [4.78, 5) is 18.9. The molecule has 0 bridgehead atoms. The van der Waals surface area contributed by atoms with Crippen LogP contribution in [0, 0.1) is 13.8 Å². The molecule has 0 fully saturated rings. The van der Waals surface area contributed by atoms with Gasteiger partial charge in [-0.05, 0) is 42.7 Å². The minimum absolute atomic E-state index is 0.194. The van der Waals surface area contributed by atoms with Crippen molar-refractivity contribution in [2.24, 2.45) is 0 Å². The van der Waals surface area contributed by atoms with Crippen LogP contribution in [0.1, 0.15) is 27.9 Å². The second kappa shape index (κ2) is 5.91. The number of H-pyrrole nitrogens is 1. The van der Waals surface area contributed by atoms with Gasteiger partial charge in [-0.25, -0.2) is 0 Å². The first-order valence-electron chi connectivity index (χ1n) is 8.53. The van der Waals surface area contributed by atoms with Crippen molar-refractivity contribution in [3.05, 3.63) is 80.6 Å². The smallest absolute Gasteiger partial charge is 0.194 e. The topological polar surface area (TPSA) is 36.1 Å². The van der Waals surface area contributed by atoms with Crippen LogP contribution in [0.15, 0.2) is 47.3 Å². The third-order valence-corrected chi connectivity index (χ3v) is 5.11. The molecule has 0 atom stereocenters. The molecule has 0 amide bonds. The first kappa shape index (κ1) is 15.2. The van der Waals surface area contributed by atoms with Crippen molar-refractivity contribution in [2.75, 3.05) is 6.54 Å². The molecule has 2 heterocycles. The Hall–Kier alpha value is -2.39. The summed E-state index contributed by atoms with van der Waals surface area (Å²) < 4.78 is 0. The highest BCUT2D eigenvalue weighted by Gasteiger charge is 2.21. The van der Waals surface area contributed by atoms with Crippen LogP contribution in [0.5, 0.6) is 0 Å². The number of fused-ring (bicyclic) bond motifs is 2. The number of aryl methyl sites for hydroxylation is 2. The Labute approximate surface area is 141 Å². The summed E-state index contributed by atoms with van der Waals surface area (Å²) >= 11 is 0. The number of aromatic amines is 1. The highest BCUT2D eigenvalue weighted by molar-refractivity contribution is 5.81. The molecule has 0 spiro atoms. The van der Waals surface area contributed by atoms with Crippen molar-refractivity contribution < 1.29 is 0 Å². The van der Waals surface area contributed by atoms with Crippen molar-refractivity contribution in [1.29, 1.82) is 0 Å². The van der Waals surface area contributed by atoms with Gasteiger partial charge in [0.15, 0.2) is 5.43 Å². The maximum Gasteiger partial charge on any atom is 0.194 e. The highest BCUT2D eigenvalue weighted by atomic mass is 16.1. The maximum atomic E-state index is 13.0. The maximum absolute atomic E-state index is 13.0. The summed E-state index contributed by atoms with van der Waals surface area (Å²) in [7, 11) is 0. The van der Waals surface area contributed by atoms with Crippen LogP contribution in [-0.4, -0.2) is 16.4 Å². The van der Waals surface area contributed by atoms with Gasteiger partial charge >= 0.3 is 0 Å². The van der Waals surface area contributed by atoms with Crippen LogP contribution in [-0.2, 0) is 19.5 Å². The molecule has 3 nitrogen and oxygen atoms in total. The molecule has 3 heteroatoms. The highest BCUT2D eigenvalue weighted by Crippen LogP contribution is 2.21. The molecule has 1 aliphatic heterocycles. The van der Waals surface area contributed by atoms with E-state index in [-0.39, 0.29) is 5.43 Å². The fourth-order valence-electron chi connectivity index (χ4n) is 3.57. The molecule has 1 aromatic heterocycles. The summed E-state index contributed by atoms with van der Waals surface area (Å²) in [6.45, 7) is 6.75. The molecule has 122 valence electrons. The van der Waals surface area contributed by atoms with Gasteiger partial charge in [0, 0.05) is 48.2 Å². The van der Waals surface area contributed by atoms with E-state index in [2.05, 4.69) is 54.1 Å². The lowest BCUT2D eigenvalue weighted by Gasteiger charge is -2.28. The predicted octanol–water partition coefficient (Wildman–Crippen LogP) is 3.70.